The summed E-state index contributed by atoms with van der Waals surface area (Å²) in [5, 5.41) is 3.10. The Bertz CT molecular complexity index is 704. The van der Waals surface area contributed by atoms with Crippen molar-refractivity contribution in [1.82, 2.24) is 0 Å². The lowest BCUT2D eigenvalue weighted by molar-refractivity contribution is -0.119. The van der Waals surface area contributed by atoms with E-state index in [-0.39, 0.29) is 10.6 Å². The summed E-state index contributed by atoms with van der Waals surface area (Å²) in [6, 6.07) is 9.72. The molecular formula is C15H10Cl2FNO3. The molecule has 0 bridgehead atoms. The fraction of sp³-hybridized carbons (Fsp3) is 0.0667. The van der Waals surface area contributed by atoms with Crippen LogP contribution in [0.3, 0.4) is 0 Å². The molecule has 0 saturated carbocycles. The van der Waals surface area contributed by atoms with E-state index in [1.54, 1.807) is 24.3 Å². The first-order valence-corrected chi connectivity index (χ1v) is 6.89. The molecular weight excluding hydrogens is 332 g/mol. The van der Waals surface area contributed by atoms with Gasteiger partial charge in [-0.05, 0) is 42.5 Å². The third-order valence-electron chi connectivity index (χ3n) is 2.61. The lowest BCUT2D eigenvalue weighted by Crippen LogP contribution is -2.21. The number of hydrogen-bond acceptors (Lipinski definition) is 3. The Balaban J connectivity index is 1.91. The van der Waals surface area contributed by atoms with Crippen LogP contribution in [0.4, 0.5) is 10.1 Å². The number of rotatable bonds is 4. The van der Waals surface area contributed by atoms with Gasteiger partial charge in [-0.3, -0.25) is 4.79 Å². The smallest absolute Gasteiger partial charge is 0.340 e. The van der Waals surface area contributed by atoms with E-state index in [1.807, 2.05) is 0 Å². The predicted molar refractivity (Wildman–Crippen MR) is 81.8 cm³/mol. The van der Waals surface area contributed by atoms with E-state index < -0.39 is 24.3 Å². The van der Waals surface area contributed by atoms with Crippen LogP contribution in [0.2, 0.25) is 10.0 Å². The number of anilines is 1. The summed E-state index contributed by atoms with van der Waals surface area (Å²) in [5.74, 6) is -2.04. The molecule has 0 aliphatic rings. The molecule has 4 nitrogen and oxygen atoms in total. The number of carbonyl (C=O) groups excluding carboxylic acids is 2. The quantitative estimate of drug-likeness (QED) is 0.857. The second-order valence-corrected chi connectivity index (χ2v) is 5.10. The summed E-state index contributed by atoms with van der Waals surface area (Å²) >= 11 is 11.5. The fourth-order valence-corrected chi connectivity index (χ4v) is 1.91. The van der Waals surface area contributed by atoms with Crippen molar-refractivity contribution >= 4 is 40.8 Å². The first-order chi connectivity index (χ1) is 10.5. The normalized spacial score (nSPS) is 10.1. The topological polar surface area (TPSA) is 55.4 Å². The molecule has 0 radical (unpaired) electrons. The third kappa shape index (κ3) is 4.44. The highest BCUT2D eigenvalue weighted by Gasteiger charge is 2.14. The monoisotopic (exact) mass is 341 g/mol. The highest BCUT2D eigenvalue weighted by atomic mass is 35.5. The largest absolute Gasteiger partial charge is 0.452 e. The van der Waals surface area contributed by atoms with Gasteiger partial charge in [0.1, 0.15) is 5.82 Å². The van der Waals surface area contributed by atoms with Crippen LogP contribution in [0.5, 0.6) is 0 Å². The molecule has 0 aliphatic heterocycles. The molecule has 22 heavy (non-hydrogen) atoms. The molecule has 0 atom stereocenters. The van der Waals surface area contributed by atoms with E-state index in [9.17, 15) is 14.0 Å². The summed E-state index contributed by atoms with van der Waals surface area (Å²) < 4.78 is 17.9. The highest BCUT2D eigenvalue weighted by Crippen LogP contribution is 2.18. The molecule has 0 unspecified atom stereocenters. The van der Waals surface area contributed by atoms with Gasteiger partial charge in [-0.15, -0.1) is 0 Å². The van der Waals surface area contributed by atoms with Gasteiger partial charge in [-0.25, -0.2) is 9.18 Å². The Labute approximate surface area is 135 Å². The molecule has 1 N–H and O–H groups in total. The molecule has 1 amide bonds. The van der Waals surface area contributed by atoms with E-state index in [1.165, 1.54) is 6.07 Å². The number of nitrogens with one attached hydrogen (secondary N) is 1. The van der Waals surface area contributed by atoms with E-state index in [0.717, 1.165) is 12.1 Å². The Hall–Kier alpha value is -2.11. The van der Waals surface area contributed by atoms with Crippen LogP contribution in [0.15, 0.2) is 42.5 Å². The number of ether oxygens (including phenoxy) is 1. The van der Waals surface area contributed by atoms with Crippen molar-refractivity contribution in [2.45, 2.75) is 0 Å². The number of benzene rings is 2. The average Bonchev–Trinajstić information content (AvgIpc) is 2.49. The van der Waals surface area contributed by atoms with Gasteiger partial charge >= 0.3 is 5.97 Å². The van der Waals surface area contributed by atoms with E-state index >= 15 is 0 Å². The van der Waals surface area contributed by atoms with Crippen LogP contribution in [-0.2, 0) is 9.53 Å². The first kappa shape index (κ1) is 16.3. The van der Waals surface area contributed by atoms with Gasteiger partial charge in [0.2, 0.25) is 0 Å². The molecule has 114 valence electrons. The third-order valence-corrected chi connectivity index (χ3v) is 3.19. The fourth-order valence-electron chi connectivity index (χ4n) is 1.59. The zero-order valence-corrected chi connectivity index (χ0v) is 12.6. The molecule has 2 aromatic carbocycles. The SMILES string of the molecule is O=C(COC(=O)c1cc(F)ccc1Cl)Nc1ccc(Cl)cc1. The van der Waals surface area contributed by atoms with Gasteiger partial charge in [0.15, 0.2) is 6.61 Å². The van der Waals surface area contributed by atoms with Gasteiger partial charge in [-0.2, -0.15) is 0 Å². The molecule has 0 aromatic heterocycles. The summed E-state index contributed by atoms with van der Waals surface area (Å²) in [4.78, 5) is 23.4. The second-order valence-electron chi connectivity index (χ2n) is 4.26. The lowest BCUT2D eigenvalue weighted by Gasteiger charge is -2.07. The van der Waals surface area contributed by atoms with Crippen LogP contribution in [0.25, 0.3) is 0 Å². The van der Waals surface area contributed by atoms with Gasteiger partial charge < -0.3 is 10.1 Å². The van der Waals surface area contributed by atoms with E-state index in [4.69, 9.17) is 27.9 Å². The lowest BCUT2D eigenvalue weighted by atomic mass is 10.2. The van der Waals surface area contributed by atoms with Crippen LogP contribution >= 0.6 is 23.2 Å². The molecule has 2 aromatic rings. The number of hydrogen-bond donors (Lipinski definition) is 1. The summed E-state index contributed by atoms with van der Waals surface area (Å²) in [7, 11) is 0. The van der Waals surface area contributed by atoms with Crippen LogP contribution in [-0.4, -0.2) is 18.5 Å². The van der Waals surface area contributed by atoms with Gasteiger partial charge in [-0.1, -0.05) is 23.2 Å². The molecule has 7 heteroatoms. The minimum Gasteiger partial charge on any atom is -0.452 e. The Morgan fingerprint density at radius 1 is 1.09 bits per heavy atom. The Kier molecular flexibility index (Phi) is 5.35. The minimum atomic E-state index is -0.879. The molecule has 2 rings (SSSR count). The van der Waals surface area contributed by atoms with Crippen LogP contribution in [0, 0.1) is 5.82 Å². The van der Waals surface area contributed by atoms with Gasteiger partial charge in [0, 0.05) is 10.7 Å². The molecule has 0 spiro atoms. The van der Waals surface area contributed by atoms with Crippen LogP contribution in [0.1, 0.15) is 10.4 Å². The van der Waals surface area contributed by atoms with Crippen LogP contribution < -0.4 is 5.32 Å². The molecule has 0 aliphatic carbocycles. The molecule has 0 heterocycles. The maximum Gasteiger partial charge on any atom is 0.340 e. The number of halogens is 3. The minimum absolute atomic E-state index is 0.0458. The second kappa shape index (κ2) is 7.24. The number of carbonyl (C=O) groups is 2. The summed E-state index contributed by atoms with van der Waals surface area (Å²) in [5.41, 5.74) is 0.371. The number of amides is 1. The Morgan fingerprint density at radius 3 is 2.45 bits per heavy atom. The summed E-state index contributed by atoms with van der Waals surface area (Å²) in [6.07, 6.45) is 0. The van der Waals surface area contributed by atoms with Crippen molar-refractivity contribution < 1.29 is 18.7 Å². The Morgan fingerprint density at radius 2 is 1.77 bits per heavy atom. The zero-order valence-electron chi connectivity index (χ0n) is 11.1. The zero-order chi connectivity index (χ0) is 16.1. The molecule has 0 saturated heterocycles. The van der Waals surface area contributed by atoms with Crippen molar-refractivity contribution in [3.05, 3.63) is 63.9 Å². The maximum absolute atomic E-state index is 13.1. The number of esters is 1. The van der Waals surface area contributed by atoms with E-state index in [0.29, 0.717) is 10.7 Å². The average molecular weight is 342 g/mol. The van der Waals surface area contributed by atoms with Gasteiger partial charge in [0.25, 0.3) is 5.91 Å². The van der Waals surface area contributed by atoms with Crippen molar-refractivity contribution in [1.29, 1.82) is 0 Å². The maximum atomic E-state index is 13.1. The predicted octanol–water partition coefficient (Wildman–Crippen LogP) is 3.93. The molecule has 0 fully saturated rings. The first-order valence-electron chi connectivity index (χ1n) is 6.13. The van der Waals surface area contributed by atoms with Crippen molar-refractivity contribution in [3.63, 3.8) is 0 Å². The van der Waals surface area contributed by atoms with Crippen molar-refractivity contribution in [2.75, 3.05) is 11.9 Å². The van der Waals surface area contributed by atoms with Crippen molar-refractivity contribution in [2.24, 2.45) is 0 Å². The standard InChI is InChI=1S/C15H10Cl2FNO3/c16-9-1-4-11(5-2-9)19-14(20)8-22-15(21)12-7-10(18)3-6-13(12)17/h1-7H,8H2,(H,19,20). The van der Waals surface area contributed by atoms with Crippen molar-refractivity contribution in [3.8, 4) is 0 Å². The summed E-state index contributed by atoms with van der Waals surface area (Å²) in [6.45, 7) is -0.520. The van der Waals surface area contributed by atoms with Gasteiger partial charge in [0.05, 0.1) is 10.6 Å². The highest BCUT2D eigenvalue weighted by molar-refractivity contribution is 6.33. The van der Waals surface area contributed by atoms with E-state index in [2.05, 4.69) is 5.32 Å².